The molecule has 0 amide bonds. The summed E-state index contributed by atoms with van der Waals surface area (Å²) in [6.07, 6.45) is 2.66. The number of nitrogens with zero attached hydrogens (tertiary/aromatic N) is 4. The molecule has 0 saturated carbocycles. The minimum Gasteiger partial charge on any atom is -0.282 e. The van der Waals surface area contributed by atoms with E-state index in [2.05, 4.69) is 15.2 Å². The second-order valence-electron chi connectivity index (χ2n) is 6.75. The van der Waals surface area contributed by atoms with Gasteiger partial charge >= 0.3 is 10.3 Å². The first-order valence-corrected chi connectivity index (χ1v) is 12.0. The van der Waals surface area contributed by atoms with E-state index in [9.17, 15) is 21.4 Å². The highest BCUT2D eigenvalue weighted by Gasteiger charge is 2.36. The molecule has 32 heavy (non-hydrogen) atoms. The van der Waals surface area contributed by atoms with Crippen molar-refractivity contribution in [2.45, 2.75) is 10.9 Å². The van der Waals surface area contributed by atoms with Gasteiger partial charge in [-0.1, -0.05) is 42.5 Å². The fraction of sp³-hybridized carbons (Fsp3) is 0.0500. The summed E-state index contributed by atoms with van der Waals surface area (Å²) >= 11 is 0. The van der Waals surface area contributed by atoms with Gasteiger partial charge in [0.15, 0.2) is 5.84 Å². The summed E-state index contributed by atoms with van der Waals surface area (Å²) in [5.74, 6) is -0.211. The van der Waals surface area contributed by atoms with Crippen LogP contribution in [0.5, 0.6) is 0 Å². The Hall–Kier alpha value is -3.45. The Morgan fingerprint density at radius 1 is 0.844 bits per heavy atom. The van der Waals surface area contributed by atoms with Crippen molar-refractivity contribution in [3.8, 4) is 11.1 Å². The molecule has 1 unspecified atom stereocenters. The average Bonchev–Trinajstić information content (AvgIpc) is 2.78. The van der Waals surface area contributed by atoms with Gasteiger partial charge in [-0.05, 0) is 41.0 Å². The molecule has 12 heteroatoms. The van der Waals surface area contributed by atoms with E-state index in [-0.39, 0.29) is 22.0 Å². The number of rotatable bonds is 5. The third-order valence-electron chi connectivity index (χ3n) is 4.69. The Morgan fingerprint density at radius 2 is 1.53 bits per heavy atom. The van der Waals surface area contributed by atoms with Crippen molar-refractivity contribution in [3.05, 3.63) is 84.2 Å². The van der Waals surface area contributed by atoms with Crippen LogP contribution in [0.2, 0.25) is 0 Å². The molecule has 164 valence electrons. The van der Waals surface area contributed by atoms with E-state index in [1.807, 2.05) is 30.3 Å². The molecule has 0 fully saturated rings. The fourth-order valence-corrected chi connectivity index (χ4v) is 4.52. The number of amidine groups is 1. The molecule has 0 aliphatic carbocycles. The zero-order chi connectivity index (χ0) is 22.9. The summed E-state index contributed by atoms with van der Waals surface area (Å²) in [6, 6.07) is 16.4. The molecule has 10 nitrogen and oxygen atoms in total. The highest BCUT2D eigenvalue weighted by molar-refractivity contribution is 7.85. The number of aromatic nitrogens is 1. The van der Waals surface area contributed by atoms with Gasteiger partial charge in [-0.15, -0.1) is 5.10 Å². The molecule has 1 atom stereocenters. The van der Waals surface area contributed by atoms with Gasteiger partial charge in [0.1, 0.15) is 11.7 Å². The van der Waals surface area contributed by atoms with E-state index in [1.165, 1.54) is 24.5 Å². The molecule has 1 aliphatic heterocycles. The van der Waals surface area contributed by atoms with Crippen molar-refractivity contribution >= 4 is 32.5 Å². The second-order valence-corrected chi connectivity index (χ2v) is 9.46. The third-order valence-corrected chi connectivity index (χ3v) is 6.45. The van der Waals surface area contributed by atoms with E-state index in [0.29, 0.717) is 4.31 Å². The molecular weight excluding hydrogens is 456 g/mol. The number of hydrogen-bond acceptors (Lipinski definition) is 7. The molecule has 2 aromatic carbocycles. The third kappa shape index (κ3) is 4.43. The molecule has 0 radical (unpaired) electrons. The normalized spacial score (nSPS) is 16.6. The van der Waals surface area contributed by atoms with Crippen molar-refractivity contribution in [1.82, 2.24) is 9.29 Å². The molecule has 2 heterocycles. The smallest absolute Gasteiger partial charge is 0.282 e. The summed E-state index contributed by atoms with van der Waals surface area (Å²) in [7, 11) is -9.26. The number of pyridine rings is 1. The maximum atomic E-state index is 12.3. The van der Waals surface area contributed by atoms with E-state index in [1.54, 1.807) is 12.1 Å². The van der Waals surface area contributed by atoms with Crippen LogP contribution in [0.3, 0.4) is 0 Å². The standard InChI is InChI=1S/C20H16N4O6S2/c25-31(26,27)17-8-6-15(7-9-17)19-13-22-23-20(24(19)32(28,29)30)18-12-16(10-11-21-18)14-4-2-1-3-5-14/h1-13,19H,(H,25,26,27)(H,28,29,30). The molecule has 2 N–H and O–H groups in total. The maximum Gasteiger partial charge on any atom is 0.362 e. The lowest BCUT2D eigenvalue weighted by atomic mass is 10.0. The lowest BCUT2D eigenvalue weighted by Gasteiger charge is -2.30. The van der Waals surface area contributed by atoms with Gasteiger partial charge in [0.05, 0.1) is 11.1 Å². The van der Waals surface area contributed by atoms with Crippen LogP contribution in [0.4, 0.5) is 0 Å². The molecular formula is C20H16N4O6S2. The molecule has 1 aromatic heterocycles. The van der Waals surface area contributed by atoms with Gasteiger partial charge in [0, 0.05) is 6.20 Å². The first-order chi connectivity index (χ1) is 15.1. The van der Waals surface area contributed by atoms with Crippen LogP contribution >= 0.6 is 0 Å². The zero-order valence-electron chi connectivity index (χ0n) is 16.2. The van der Waals surface area contributed by atoms with Crippen molar-refractivity contribution < 1.29 is 25.9 Å². The van der Waals surface area contributed by atoms with Crippen molar-refractivity contribution in [1.29, 1.82) is 0 Å². The van der Waals surface area contributed by atoms with Gasteiger partial charge < -0.3 is 0 Å². The fourth-order valence-electron chi connectivity index (χ4n) is 3.23. The largest absolute Gasteiger partial charge is 0.362 e. The monoisotopic (exact) mass is 472 g/mol. The van der Waals surface area contributed by atoms with E-state index in [0.717, 1.165) is 23.3 Å². The molecule has 4 rings (SSSR count). The predicted octanol–water partition coefficient (Wildman–Crippen LogP) is 2.59. The van der Waals surface area contributed by atoms with E-state index < -0.39 is 26.5 Å². The topological polar surface area (TPSA) is 150 Å². The van der Waals surface area contributed by atoms with E-state index >= 15 is 0 Å². The lowest BCUT2D eigenvalue weighted by molar-refractivity contribution is 0.405. The lowest BCUT2D eigenvalue weighted by Crippen LogP contribution is -2.42. The van der Waals surface area contributed by atoms with Crippen molar-refractivity contribution in [2.75, 3.05) is 0 Å². The molecule has 0 spiro atoms. The first kappa shape index (κ1) is 21.8. The minimum atomic E-state index is -4.83. The number of benzene rings is 2. The Kier molecular flexibility index (Phi) is 5.60. The van der Waals surface area contributed by atoms with Crippen LogP contribution in [-0.4, -0.2) is 47.3 Å². The van der Waals surface area contributed by atoms with Crippen LogP contribution in [0, 0.1) is 0 Å². The Labute approximate surface area is 184 Å². The molecule has 3 aromatic rings. The molecule has 0 saturated heterocycles. The van der Waals surface area contributed by atoms with E-state index in [4.69, 9.17) is 4.55 Å². The van der Waals surface area contributed by atoms with Crippen molar-refractivity contribution in [3.63, 3.8) is 0 Å². The minimum absolute atomic E-state index is 0.153. The summed E-state index contributed by atoms with van der Waals surface area (Å²) < 4.78 is 67.0. The Bertz CT molecular complexity index is 1420. The number of hydrogen-bond donors (Lipinski definition) is 2. The summed E-state index contributed by atoms with van der Waals surface area (Å²) in [6.45, 7) is 0. The van der Waals surface area contributed by atoms with Gasteiger partial charge in [-0.25, -0.2) is 4.31 Å². The Morgan fingerprint density at radius 3 is 2.16 bits per heavy atom. The first-order valence-electron chi connectivity index (χ1n) is 9.12. The zero-order valence-corrected chi connectivity index (χ0v) is 17.8. The van der Waals surface area contributed by atoms with Gasteiger partial charge in [-0.3, -0.25) is 14.1 Å². The maximum absolute atomic E-state index is 12.3. The van der Waals surface area contributed by atoms with Crippen LogP contribution in [-0.2, 0) is 20.4 Å². The summed E-state index contributed by atoms with van der Waals surface area (Å²) in [5.41, 5.74) is 2.05. The predicted molar refractivity (Wildman–Crippen MR) is 117 cm³/mol. The average molecular weight is 473 g/mol. The van der Waals surface area contributed by atoms with Crippen LogP contribution in [0.25, 0.3) is 11.1 Å². The Balaban J connectivity index is 1.77. The summed E-state index contributed by atoms with van der Waals surface area (Å²) in [5, 5.41) is 7.76. The van der Waals surface area contributed by atoms with Crippen molar-refractivity contribution in [2.24, 2.45) is 10.2 Å². The quantitative estimate of drug-likeness (QED) is 0.542. The molecule has 0 bridgehead atoms. The van der Waals surface area contributed by atoms with Gasteiger partial charge in [-0.2, -0.15) is 21.9 Å². The molecule has 1 aliphatic rings. The van der Waals surface area contributed by atoms with Crippen LogP contribution in [0.15, 0.2) is 88.0 Å². The van der Waals surface area contributed by atoms with Crippen LogP contribution < -0.4 is 0 Å². The van der Waals surface area contributed by atoms with Gasteiger partial charge in [0.25, 0.3) is 10.1 Å². The van der Waals surface area contributed by atoms with Crippen LogP contribution in [0.1, 0.15) is 17.3 Å². The van der Waals surface area contributed by atoms with Gasteiger partial charge in [0.2, 0.25) is 0 Å². The highest BCUT2D eigenvalue weighted by atomic mass is 32.2. The highest BCUT2D eigenvalue weighted by Crippen LogP contribution is 2.29. The summed E-state index contributed by atoms with van der Waals surface area (Å²) in [4.78, 5) is 3.83. The second kappa shape index (κ2) is 8.24. The SMILES string of the molecule is O=S(=O)(O)c1ccc(C2C=NN=C(c3cc(-c4ccccc4)ccn3)N2S(=O)(=O)O)cc1.